The predicted octanol–water partition coefficient (Wildman–Crippen LogP) is 1.88. The van der Waals surface area contributed by atoms with Crippen LogP contribution in [0.15, 0.2) is 40.8 Å². The number of furan rings is 1. The van der Waals surface area contributed by atoms with Crippen LogP contribution >= 0.6 is 0 Å². The minimum absolute atomic E-state index is 0.0277. The Morgan fingerprint density at radius 1 is 1.12 bits per heavy atom. The van der Waals surface area contributed by atoms with Crippen LogP contribution in [0, 0.1) is 11.3 Å². The summed E-state index contributed by atoms with van der Waals surface area (Å²) in [4.78, 5) is 49.1. The summed E-state index contributed by atoms with van der Waals surface area (Å²) in [7, 11) is 0. The van der Waals surface area contributed by atoms with Gasteiger partial charge < -0.3 is 25.1 Å². The first-order valence-corrected chi connectivity index (χ1v) is 10.6. The molecule has 1 saturated heterocycles. The van der Waals surface area contributed by atoms with E-state index in [1.807, 2.05) is 4.90 Å². The highest BCUT2D eigenvalue weighted by molar-refractivity contribution is 5.95. The summed E-state index contributed by atoms with van der Waals surface area (Å²) in [5, 5.41) is 25.5. The van der Waals surface area contributed by atoms with Gasteiger partial charge in [0.15, 0.2) is 5.78 Å². The van der Waals surface area contributed by atoms with Gasteiger partial charge in [-0.1, -0.05) is 0 Å². The Hall–Kier alpha value is -3.99. The first-order valence-electron chi connectivity index (χ1n) is 10.6. The first-order chi connectivity index (χ1) is 16.1. The van der Waals surface area contributed by atoms with Crippen molar-refractivity contribution in [1.82, 2.24) is 4.90 Å². The second-order valence-electron chi connectivity index (χ2n) is 8.03. The lowest BCUT2D eigenvalue weighted by Gasteiger charge is -2.23. The van der Waals surface area contributed by atoms with Crippen LogP contribution in [0.1, 0.15) is 47.6 Å². The van der Waals surface area contributed by atoms with Gasteiger partial charge in [0, 0.05) is 12.0 Å². The summed E-state index contributed by atoms with van der Waals surface area (Å²) in [5.41, 5.74) is 5.89. The van der Waals surface area contributed by atoms with Crippen molar-refractivity contribution in [2.75, 3.05) is 6.54 Å². The van der Waals surface area contributed by atoms with Gasteiger partial charge in [0.25, 0.3) is 0 Å². The molecule has 1 aliphatic heterocycles. The van der Waals surface area contributed by atoms with Crippen molar-refractivity contribution in [2.45, 2.75) is 38.3 Å². The number of carbonyl (C=O) groups is 4. The fourth-order valence-corrected chi connectivity index (χ4v) is 3.85. The number of rotatable bonds is 11. The summed E-state index contributed by atoms with van der Waals surface area (Å²) in [6.45, 7) is 0.809. The molecule has 1 aromatic carbocycles. The third-order valence-corrected chi connectivity index (χ3v) is 5.55. The molecule has 0 unspecified atom stereocenters. The third-order valence-electron chi connectivity index (χ3n) is 5.55. The van der Waals surface area contributed by atoms with Gasteiger partial charge in [-0.3, -0.25) is 24.7 Å². The number of nitrogens with two attached hydrogens (primary N) is 1. The molecule has 5 N–H and O–H groups in total. The lowest BCUT2D eigenvalue weighted by atomic mass is 9.94. The second-order valence-corrected chi connectivity index (χ2v) is 8.03. The highest BCUT2D eigenvalue weighted by Gasteiger charge is 2.34. The fraction of sp³-hybridized carbons (Fsp3) is 0.348. The van der Waals surface area contributed by atoms with Gasteiger partial charge in [0.05, 0.1) is 24.9 Å². The highest BCUT2D eigenvalue weighted by atomic mass is 16.5. The van der Waals surface area contributed by atoms with Crippen LogP contribution in [-0.2, 0) is 20.9 Å². The summed E-state index contributed by atoms with van der Waals surface area (Å²) in [6.07, 6.45) is 0.277. The van der Waals surface area contributed by atoms with Crippen molar-refractivity contribution in [3.05, 3.63) is 53.5 Å². The van der Waals surface area contributed by atoms with Gasteiger partial charge in [-0.05, 0) is 55.8 Å². The summed E-state index contributed by atoms with van der Waals surface area (Å²) >= 11 is 0. The molecule has 34 heavy (non-hydrogen) atoms. The number of carboxylic acids is 2. The number of aliphatic carboxylic acids is 2. The minimum atomic E-state index is -1.31. The van der Waals surface area contributed by atoms with Crippen LogP contribution in [0.5, 0.6) is 5.75 Å². The van der Waals surface area contributed by atoms with Gasteiger partial charge in [-0.2, -0.15) is 0 Å². The molecule has 180 valence electrons. The quantitative estimate of drug-likeness (QED) is 0.163. The first kappa shape index (κ1) is 24.6. The maximum absolute atomic E-state index is 12.7. The van der Waals surface area contributed by atoms with Crippen LogP contribution in [0.2, 0.25) is 0 Å². The van der Waals surface area contributed by atoms with Crippen LogP contribution in [0.25, 0.3) is 0 Å². The smallest absolute Gasteiger partial charge is 0.379 e. The number of benzene rings is 1. The molecular weight excluding hydrogens is 446 g/mol. The lowest BCUT2D eigenvalue weighted by molar-refractivity contribution is -0.149. The number of Topliss-reactive ketones (excluding diaryl/α,β-unsaturated/α-hetero) is 1. The molecular formula is C23H25N3O8. The minimum Gasteiger partial charge on any atom is -0.481 e. The van der Waals surface area contributed by atoms with E-state index in [1.165, 1.54) is 18.2 Å². The molecule has 1 aliphatic rings. The number of hydrogen-bond acceptors (Lipinski definition) is 8. The van der Waals surface area contributed by atoms with E-state index in [0.717, 1.165) is 6.42 Å². The monoisotopic (exact) mass is 471 g/mol. The molecule has 0 radical (unpaired) electrons. The maximum atomic E-state index is 12.7. The zero-order valence-electron chi connectivity index (χ0n) is 18.2. The number of likely N-dealkylation sites (tertiary alicyclic amines) is 1. The average molecular weight is 471 g/mol. The molecule has 2 heterocycles. The second kappa shape index (κ2) is 10.8. The van der Waals surface area contributed by atoms with Crippen molar-refractivity contribution in [3.8, 4) is 5.75 Å². The number of hydrogen-bond donors (Lipinski definition) is 4. The average Bonchev–Trinajstić information content (AvgIpc) is 3.43. The van der Waals surface area contributed by atoms with Crippen molar-refractivity contribution >= 4 is 29.5 Å². The summed E-state index contributed by atoms with van der Waals surface area (Å²) < 4.78 is 10.8. The number of nitrogens with one attached hydrogen (secondary N) is 1. The molecule has 0 aliphatic carbocycles. The van der Waals surface area contributed by atoms with Crippen LogP contribution in [0.3, 0.4) is 0 Å². The van der Waals surface area contributed by atoms with E-state index in [4.69, 9.17) is 25.4 Å². The van der Waals surface area contributed by atoms with Crippen LogP contribution < -0.4 is 10.5 Å². The molecule has 0 amide bonds. The Morgan fingerprint density at radius 2 is 1.82 bits per heavy atom. The van der Waals surface area contributed by atoms with E-state index >= 15 is 0 Å². The van der Waals surface area contributed by atoms with Gasteiger partial charge in [0.1, 0.15) is 17.3 Å². The van der Waals surface area contributed by atoms with Crippen LogP contribution in [0.4, 0.5) is 0 Å². The number of carboxylic acid groups (broad SMARTS) is 2. The predicted molar refractivity (Wildman–Crippen MR) is 118 cm³/mol. The van der Waals surface area contributed by atoms with E-state index < -0.39 is 36.3 Å². The Balaban J connectivity index is 1.60. The molecule has 1 aromatic heterocycles. The molecule has 0 spiro atoms. The molecule has 1 fully saturated rings. The standard InChI is InChI=1S/C23H25N3O8/c24-21(25)13-3-5-15(6-4-13)34-23(32)19-8-7-16(33-19)12-26-9-1-2-17(26)18(27)10-14(22(30)31)11-20(28)29/h3-8,14,17H,1-2,9-12H2,(H3,24,25)(H,28,29)(H,30,31)/t14-,17-/m1/s1. The number of ether oxygens (including phenoxy) is 1. The summed E-state index contributed by atoms with van der Waals surface area (Å²) in [5.74, 6) is -4.35. The lowest BCUT2D eigenvalue weighted by Crippen LogP contribution is -2.37. The van der Waals surface area contributed by atoms with Gasteiger partial charge in [-0.15, -0.1) is 0 Å². The summed E-state index contributed by atoms with van der Waals surface area (Å²) in [6, 6.07) is 8.63. The Kier molecular flexibility index (Phi) is 7.79. The highest BCUT2D eigenvalue weighted by Crippen LogP contribution is 2.25. The van der Waals surface area contributed by atoms with E-state index in [9.17, 15) is 24.3 Å². The Morgan fingerprint density at radius 3 is 2.44 bits per heavy atom. The molecule has 2 atom stereocenters. The van der Waals surface area contributed by atoms with Crippen molar-refractivity contribution in [1.29, 1.82) is 5.41 Å². The Bertz CT molecular complexity index is 1090. The molecule has 11 heteroatoms. The number of nitrogens with zero attached hydrogens (tertiary/aromatic N) is 1. The number of ketones is 1. The Labute approximate surface area is 194 Å². The zero-order chi connectivity index (χ0) is 24.8. The number of amidine groups is 1. The van der Waals surface area contributed by atoms with Gasteiger partial charge >= 0.3 is 17.9 Å². The fourth-order valence-electron chi connectivity index (χ4n) is 3.85. The number of esters is 1. The number of nitrogen functional groups attached to an aromatic ring is 1. The van der Waals surface area contributed by atoms with E-state index in [-0.39, 0.29) is 36.1 Å². The molecule has 11 nitrogen and oxygen atoms in total. The normalized spacial score (nSPS) is 16.6. The SMILES string of the molecule is N=C(N)c1ccc(OC(=O)c2ccc(CN3CCC[C@@H]3C(=O)C[C@H](CC(=O)O)C(=O)O)o2)cc1. The largest absolute Gasteiger partial charge is 0.481 e. The topological polar surface area (TPSA) is 184 Å². The number of carbonyl (C=O) groups excluding carboxylic acids is 2. The van der Waals surface area contributed by atoms with Crippen molar-refractivity contribution < 1.29 is 38.5 Å². The van der Waals surface area contributed by atoms with Gasteiger partial charge in [0.2, 0.25) is 5.76 Å². The molecule has 0 saturated carbocycles. The molecule has 2 aromatic rings. The van der Waals surface area contributed by atoms with Crippen molar-refractivity contribution in [3.63, 3.8) is 0 Å². The third kappa shape index (κ3) is 6.29. The van der Waals surface area contributed by atoms with E-state index in [0.29, 0.717) is 24.3 Å². The van der Waals surface area contributed by atoms with Gasteiger partial charge in [-0.25, -0.2) is 4.79 Å². The molecule has 0 bridgehead atoms. The van der Waals surface area contributed by atoms with E-state index in [2.05, 4.69) is 0 Å². The van der Waals surface area contributed by atoms with E-state index in [1.54, 1.807) is 18.2 Å². The zero-order valence-corrected chi connectivity index (χ0v) is 18.2. The molecule has 3 rings (SSSR count). The van der Waals surface area contributed by atoms with Crippen LogP contribution in [-0.4, -0.2) is 57.2 Å². The van der Waals surface area contributed by atoms with Crippen molar-refractivity contribution in [2.24, 2.45) is 11.7 Å². The maximum Gasteiger partial charge on any atom is 0.379 e.